The van der Waals surface area contributed by atoms with Crippen molar-refractivity contribution in [3.63, 3.8) is 0 Å². The van der Waals surface area contributed by atoms with Crippen LogP contribution in [0.4, 0.5) is 0 Å². The summed E-state index contributed by atoms with van der Waals surface area (Å²) in [6, 6.07) is 0. The van der Waals surface area contributed by atoms with E-state index in [0.29, 0.717) is 0 Å². The molecule has 4 nitrogen and oxygen atoms in total. The summed E-state index contributed by atoms with van der Waals surface area (Å²) < 4.78 is 3.33. The van der Waals surface area contributed by atoms with Gasteiger partial charge in [0.15, 0.2) is 0 Å². The standard InChI is InChI=1S/2C12H25.2C3H4O2.Sn/c2*1-3-5-7-9-11-12-10-8-6-4-2;2*1-2-3(4)5;/h2*1,3-12H2,2H3;2*2H,1H2,(H,4,5);/q;;;;+2/p-2. The first kappa shape index (κ1) is 38.7. The van der Waals surface area contributed by atoms with Crippen LogP contribution >= 0.6 is 0 Å². The van der Waals surface area contributed by atoms with Crippen LogP contribution < -0.4 is 10.2 Å². The quantitative estimate of drug-likeness (QED) is 0.0667. The molecule has 0 aliphatic rings. The van der Waals surface area contributed by atoms with E-state index in [1.807, 2.05) is 0 Å². The van der Waals surface area contributed by atoms with Gasteiger partial charge in [0.05, 0.1) is 11.9 Å². The van der Waals surface area contributed by atoms with E-state index < -0.39 is 11.9 Å². The second kappa shape index (κ2) is 37.8. The summed E-state index contributed by atoms with van der Waals surface area (Å²) in [5.74, 6) is -2.46. The maximum absolute atomic E-state index is 9.14. The maximum atomic E-state index is 9.14. The van der Waals surface area contributed by atoms with E-state index in [-0.39, 0.29) is 21.1 Å². The first-order valence-corrected chi connectivity index (χ1v) is 18.4. The van der Waals surface area contributed by atoms with Crippen molar-refractivity contribution < 1.29 is 19.8 Å². The number of carbonyl (C=O) groups is 2. The van der Waals surface area contributed by atoms with Crippen molar-refractivity contribution in [2.75, 3.05) is 0 Å². The van der Waals surface area contributed by atoms with Gasteiger partial charge in [-0.05, 0) is 12.2 Å². The average molecular weight is 599 g/mol. The van der Waals surface area contributed by atoms with Crippen LogP contribution in [0.2, 0.25) is 8.87 Å². The molecule has 0 N–H and O–H groups in total. The van der Waals surface area contributed by atoms with Gasteiger partial charge in [0.25, 0.3) is 0 Å². The fourth-order valence-corrected chi connectivity index (χ4v) is 7.17. The Hall–Kier alpha value is -0.781. The minimum atomic E-state index is -1.23. The third kappa shape index (κ3) is 50.9. The van der Waals surface area contributed by atoms with Crippen molar-refractivity contribution in [1.82, 2.24) is 0 Å². The van der Waals surface area contributed by atoms with Crippen molar-refractivity contribution in [2.24, 2.45) is 0 Å². The summed E-state index contributed by atoms with van der Waals surface area (Å²) in [6.07, 6.45) is 31.3. The zero-order chi connectivity index (χ0) is 26.8. The number of unbranched alkanes of at least 4 members (excludes halogenated alkanes) is 18. The molecule has 0 saturated heterocycles. The Morgan fingerprint density at radius 1 is 0.514 bits per heavy atom. The van der Waals surface area contributed by atoms with Gasteiger partial charge < -0.3 is 19.8 Å². The Balaban J connectivity index is -0.000000853. The second-order valence-corrected chi connectivity index (χ2v) is 13.4. The van der Waals surface area contributed by atoms with Crippen LogP contribution in [0.5, 0.6) is 0 Å². The molecule has 0 radical (unpaired) electrons. The third-order valence-corrected chi connectivity index (χ3v) is 9.78. The monoisotopic (exact) mass is 600 g/mol. The number of hydrogen-bond acceptors (Lipinski definition) is 4. The molecule has 0 rings (SSSR count). The molecule has 0 bridgehead atoms. The summed E-state index contributed by atoms with van der Waals surface area (Å²) in [5, 5.41) is 18.3. The van der Waals surface area contributed by atoms with Gasteiger partial charge >= 0.3 is 172 Å². The molecule has 0 saturated carbocycles. The molecule has 0 atom stereocenters. The molecule has 0 heterocycles. The fourth-order valence-electron chi connectivity index (χ4n) is 3.60. The van der Waals surface area contributed by atoms with Crippen LogP contribution in [0.3, 0.4) is 0 Å². The van der Waals surface area contributed by atoms with Gasteiger partial charge in [-0.3, -0.25) is 0 Å². The molecule has 0 aliphatic carbocycles. The Morgan fingerprint density at radius 2 is 0.714 bits per heavy atom. The molecule has 5 heteroatoms. The molecule has 204 valence electrons. The van der Waals surface area contributed by atoms with Gasteiger partial charge in [-0.15, -0.1) is 0 Å². The fraction of sp³-hybridized carbons (Fsp3) is 0.800. The first-order chi connectivity index (χ1) is 17.0. The van der Waals surface area contributed by atoms with Crippen molar-refractivity contribution in [1.29, 1.82) is 0 Å². The normalized spacial score (nSPS) is 9.66. The Bertz CT molecular complexity index is 412. The van der Waals surface area contributed by atoms with Gasteiger partial charge in [0.2, 0.25) is 0 Å². The SMILES string of the molecule is C=CC(=O)[O-].C=CC(=O)[O-].CCCCCCCCCCC[CH2][Sn+2][CH2]CCCCCCCCCCC. The molecule has 0 unspecified atom stereocenters. The number of aliphatic carboxylic acids is 2. The molecule has 0 spiro atoms. The van der Waals surface area contributed by atoms with E-state index in [1.165, 1.54) is 116 Å². The second-order valence-electron chi connectivity index (χ2n) is 9.16. The Kier molecular flexibility index (Phi) is 41.8. The molecular weight excluding hydrogens is 543 g/mol. The van der Waals surface area contributed by atoms with Crippen molar-refractivity contribution in [3.8, 4) is 0 Å². The van der Waals surface area contributed by atoms with Gasteiger partial charge in [-0.2, -0.15) is 0 Å². The first-order valence-electron chi connectivity index (χ1n) is 14.3. The van der Waals surface area contributed by atoms with Gasteiger partial charge in [0.1, 0.15) is 0 Å². The molecule has 0 aromatic carbocycles. The Morgan fingerprint density at radius 3 is 0.914 bits per heavy atom. The third-order valence-electron chi connectivity index (χ3n) is 5.75. The predicted molar refractivity (Wildman–Crippen MR) is 149 cm³/mol. The van der Waals surface area contributed by atoms with E-state index in [1.54, 1.807) is 21.7 Å². The number of carboxylic acids is 2. The van der Waals surface area contributed by atoms with E-state index in [9.17, 15) is 0 Å². The van der Waals surface area contributed by atoms with Crippen LogP contribution in [0.15, 0.2) is 25.3 Å². The van der Waals surface area contributed by atoms with Crippen molar-refractivity contribution >= 4 is 33.1 Å². The van der Waals surface area contributed by atoms with E-state index in [2.05, 4.69) is 27.0 Å². The van der Waals surface area contributed by atoms with Crippen LogP contribution in [0.25, 0.3) is 0 Å². The summed E-state index contributed by atoms with van der Waals surface area (Å²) in [5.41, 5.74) is 0. The number of carbonyl (C=O) groups excluding carboxylic acids is 2. The summed E-state index contributed by atoms with van der Waals surface area (Å²) in [7, 11) is 0. The molecule has 0 aromatic heterocycles. The molecule has 0 amide bonds. The number of rotatable bonds is 24. The molecule has 0 aliphatic heterocycles. The van der Waals surface area contributed by atoms with Crippen molar-refractivity contribution in [2.45, 2.75) is 151 Å². The van der Waals surface area contributed by atoms with Crippen LogP contribution in [0, 0.1) is 0 Å². The Labute approximate surface area is 228 Å². The van der Waals surface area contributed by atoms with Crippen LogP contribution in [0.1, 0.15) is 142 Å². The van der Waals surface area contributed by atoms with Gasteiger partial charge in [-0.25, -0.2) is 0 Å². The van der Waals surface area contributed by atoms with E-state index in [4.69, 9.17) is 19.8 Å². The minimum absolute atomic E-state index is 0.0377. The van der Waals surface area contributed by atoms with Crippen LogP contribution in [-0.2, 0) is 9.59 Å². The van der Waals surface area contributed by atoms with E-state index >= 15 is 0 Å². The molecular formula is C30H56O4Sn. The van der Waals surface area contributed by atoms with Crippen LogP contribution in [-0.4, -0.2) is 33.1 Å². The average Bonchev–Trinajstić information content (AvgIpc) is 2.85. The molecule has 0 aromatic rings. The summed E-state index contributed by atoms with van der Waals surface area (Å²) in [4.78, 5) is 18.3. The summed E-state index contributed by atoms with van der Waals surface area (Å²) >= 11 is 0.0377. The van der Waals surface area contributed by atoms with E-state index in [0.717, 1.165) is 12.2 Å². The molecule has 35 heavy (non-hydrogen) atoms. The zero-order valence-electron chi connectivity index (χ0n) is 23.3. The summed E-state index contributed by atoms with van der Waals surface area (Å²) in [6.45, 7) is 10.4. The van der Waals surface area contributed by atoms with Crippen molar-refractivity contribution in [3.05, 3.63) is 25.3 Å². The number of carboxylic acid groups (broad SMARTS) is 2. The number of hydrogen-bond donors (Lipinski definition) is 0. The van der Waals surface area contributed by atoms with Gasteiger partial charge in [-0.1, -0.05) is 13.2 Å². The topological polar surface area (TPSA) is 80.3 Å². The predicted octanol–water partition coefficient (Wildman–Crippen LogP) is 7.21. The zero-order valence-corrected chi connectivity index (χ0v) is 26.1. The van der Waals surface area contributed by atoms with Gasteiger partial charge in [0, 0.05) is 0 Å². The molecule has 0 fully saturated rings.